The highest BCUT2D eigenvalue weighted by Crippen LogP contribution is 2.21. The lowest BCUT2D eigenvalue weighted by atomic mass is 10.2. The topological polar surface area (TPSA) is 102 Å². The van der Waals surface area contributed by atoms with Gasteiger partial charge in [0.15, 0.2) is 0 Å². The average Bonchev–Trinajstić information content (AvgIpc) is 2.87. The molecule has 1 heterocycles. The molecule has 8 heteroatoms. The van der Waals surface area contributed by atoms with E-state index < -0.39 is 12.0 Å². The highest BCUT2D eigenvalue weighted by atomic mass is 79.9. The first-order valence-electron chi connectivity index (χ1n) is 5.71. The van der Waals surface area contributed by atoms with E-state index in [1.165, 1.54) is 11.8 Å². The third-order valence-corrected chi connectivity index (χ3v) is 3.93. The van der Waals surface area contributed by atoms with Gasteiger partial charge in [0.1, 0.15) is 6.04 Å². The third kappa shape index (κ3) is 4.06. The maximum Gasteiger partial charge on any atom is 0.321 e. The molecule has 3 N–H and O–H groups in total. The molecule has 0 saturated heterocycles. The first-order chi connectivity index (χ1) is 9.56. The molecule has 0 spiro atoms. The Morgan fingerprint density at radius 3 is 3.05 bits per heavy atom. The summed E-state index contributed by atoms with van der Waals surface area (Å²) in [4.78, 5) is 14.8. The second-order valence-corrected chi connectivity index (χ2v) is 5.93. The molecule has 1 aromatic carbocycles. The van der Waals surface area contributed by atoms with Gasteiger partial charge in [-0.05, 0) is 12.1 Å². The lowest BCUT2D eigenvalue weighted by Crippen LogP contribution is -2.32. The molecule has 0 bridgehead atoms. The predicted molar refractivity (Wildman–Crippen MR) is 79.2 cm³/mol. The Hall–Kier alpha value is -1.38. The van der Waals surface area contributed by atoms with E-state index in [0.717, 1.165) is 10.0 Å². The molecule has 2 rings (SSSR count). The average molecular weight is 358 g/mol. The van der Waals surface area contributed by atoms with Crippen molar-refractivity contribution in [3.05, 3.63) is 34.6 Å². The number of nitrogens with two attached hydrogens (primary N) is 1. The molecule has 106 valence electrons. The van der Waals surface area contributed by atoms with Crippen LogP contribution in [0.4, 0.5) is 0 Å². The summed E-state index contributed by atoms with van der Waals surface area (Å²) in [7, 11) is 0. The highest BCUT2D eigenvalue weighted by molar-refractivity contribution is 9.10. The number of benzene rings is 1. The van der Waals surface area contributed by atoms with Crippen LogP contribution in [0, 0.1) is 0 Å². The van der Waals surface area contributed by atoms with E-state index in [1.807, 2.05) is 24.3 Å². The van der Waals surface area contributed by atoms with Gasteiger partial charge in [-0.2, -0.15) is 4.98 Å². The molecule has 0 saturated carbocycles. The number of nitrogens with zero attached hydrogens (tertiary/aromatic N) is 2. The second kappa shape index (κ2) is 6.87. The summed E-state index contributed by atoms with van der Waals surface area (Å²) in [6.45, 7) is 0. The number of aromatic nitrogens is 2. The Kier molecular flexibility index (Phi) is 5.16. The van der Waals surface area contributed by atoms with Crippen molar-refractivity contribution in [2.24, 2.45) is 5.73 Å². The summed E-state index contributed by atoms with van der Waals surface area (Å²) in [5, 5.41) is 12.6. The summed E-state index contributed by atoms with van der Waals surface area (Å²) < 4.78 is 6.05. The van der Waals surface area contributed by atoms with E-state index in [2.05, 4.69) is 26.1 Å². The Morgan fingerprint density at radius 1 is 1.55 bits per heavy atom. The van der Waals surface area contributed by atoms with Crippen LogP contribution in [0.3, 0.4) is 0 Å². The van der Waals surface area contributed by atoms with Gasteiger partial charge in [-0.15, -0.1) is 11.8 Å². The fraction of sp³-hybridized carbons (Fsp3) is 0.250. The Bertz CT molecular complexity index is 605. The van der Waals surface area contributed by atoms with Crippen LogP contribution in [0.5, 0.6) is 0 Å². The van der Waals surface area contributed by atoms with Crippen molar-refractivity contribution in [2.75, 3.05) is 5.75 Å². The maximum absolute atomic E-state index is 10.6. The molecule has 1 atom stereocenters. The molecule has 0 fully saturated rings. The summed E-state index contributed by atoms with van der Waals surface area (Å²) in [5.74, 6) is 0.663. The van der Waals surface area contributed by atoms with Crippen LogP contribution in [0.2, 0.25) is 0 Å². The van der Waals surface area contributed by atoms with Gasteiger partial charge >= 0.3 is 5.97 Å². The van der Waals surface area contributed by atoms with Crippen molar-refractivity contribution in [1.29, 1.82) is 0 Å². The lowest BCUT2D eigenvalue weighted by molar-refractivity contribution is -0.137. The van der Waals surface area contributed by atoms with E-state index in [1.54, 1.807) is 0 Å². The van der Waals surface area contributed by atoms with E-state index in [4.69, 9.17) is 15.4 Å². The summed E-state index contributed by atoms with van der Waals surface area (Å²) in [6, 6.07) is 6.69. The van der Waals surface area contributed by atoms with Gasteiger partial charge in [0.2, 0.25) is 11.7 Å². The maximum atomic E-state index is 10.6. The number of aliphatic carboxylic acids is 1. The number of thioether (sulfide) groups is 1. The van der Waals surface area contributed by atoms with Gasteiger partial charge in [0, 0.05) is 15.8 Å². The monoisotopic (exact) mass is 357 g/mol. The minimum Gasteiger partial charge on any atom is -0.480 e. The van der Waals surface area contributed by atoms with Gasteiger partial charge < -0.3 is 15.4 Å². The van der Waals surface area contributed by atoms with E-state index in [0.29, 0.717) is 23.2 Å². The first-order valence-corrected chi connectivity index (χ1v) is 7.65. The van der Waals surface area contributed by atoms with Gasteiger partial charge in [-0.1, -0.05) is 33.2 Å². The Labute approximate surface area is 127 Å². The Morgan fingerprint density at radius 2 is 2.35 bits per heavy atom. The fourth-order valence-corrected chi connectivity index (χ4v) is 2.61. The van der Waals surface area contributed by atoms with Gasteiger partial charge in [0.05, 0.1) is 5.75 Å². The first kappa shape index (κ1) is 15.0. The number of halogens is 1. The molecular weight excluding hydrogens is 346 g/mol. The number of rotatable bonds is 6. The predicted octanol–water partition coefficient (Wildman–Crippen LogP) is 2.14. The molecule has 2 aromatic rings. The fourth-order valence-electron chi connectivity index (χ4n) is 1.40. The smallest absolute Gasteiger partial charge is 0.321 e. The minimum atomic E-state index is -1.02. The Balaban J connectivity index is 1.94. The van der Waals surface area contributed by atoms with Crippen molar-refractivity contribution in [3.63, 3.8) is 0 Å². The number of carbonyl (C=O) groups is 1. The van der Waals surface area contributed by atoms with Crippen molar-refractivity contribution in [3.8, 4) is 11.4 Å². The molecule has 0 aliphatic heterocycles. The van der Waals surface area contributed by atoms with Crippen LogP contribution < -0.4 is 5.73 Å². The number of carboxylic acids is 1. The lowest BCUT2D eigenvalue weighted by Gasteiger charge is -2.03. The van der Waals surface area contributed by atoms with Crippen LogP contribution >= 0.6 is 27.7 Å². The van der Waals surface area contributed by atoms with Crippen molar-refractivity contribution >= 4 is 33.7 Å². The van der Waals surface area contributed by atoms with Crippen LogP contribution in [-0.4, -0.2) is 33.0 Å². The van der Waals surface area contributed by atoms with E-state index in [9.17, 15) is 4.79 Å². The second-order valence-electron chi connectivity index (χ2n) is 3.98. The third-order valence-electron chi connectivity index (χ3n) is 2.39. The molecule has 0 aliphatic rings. The van der Waals surface area contributed by atoms with Gasteiger partial charge in [-0.25, -0.2) is 0 Å². The minimum absolute atomic E-state index is 0.296. The zero-order valence-corrected chi connectivity index (χ0v) is 12.7. The molecular formula is C12H12BrN3O3S. The summed E-state index contributed by atoms with van der Waals surface area (Å²) >= 11 is 4.72. The zero-order chi connectivity index (χ0) is 14.5. The highest BCUT2D eigenvalue weighted by Gasteiger charge is 2.13. The summed E-state index contributed by atoms with van der Waals surface area (Å²) in [6.07, 6.45) is 0. The normalized spacial score (nSPS) is 12.3. The van der Waals surface area contributed by atoms with Gasteiger partial charge in [-0.3, -0.25) is 4.79 Å². The molecule has 0 radical (unpaired) electrons. The molecule has 0 aliphatic carbocycles. The molecule has 0 amide bonds. The SMILES string of the molecule is NC(CSCc1nc(-c2cccc(Br)c2)no1)C(=O)O. The van der Waals surface area contributed by atoms with Crippen LogP contribution in [0.15, 0.2) is 33.3 Å². The summed E-state index contributed by atoms with van der Waals surface area (Å²) in [5.41, 5.74) is 6.25. The van der Waals surface area contributed by atoms with Gasteiger partial charge in [0.25, 0.3) is 0 Å². The number of hydrogen-bond donors (Lipinski definition) is 2. The number of hydrogen-bond acceptors (Lipinski definition) is 6. The molecule has 6 nitrogen and oxygen atoms in total. The van der Waals surface area contributed by atoms with Crippen molar-refractivity contribution in [1.82, 2.24) is 10.1 Å². The standard InChI is InChI=1S/C12H12BrN3O3S/c13-8-3-1-2-7(4-8)11-15-10(19-16-11)6-20-5-9(14)12(17)18/h1-4,9H,5-6,14H2,(H,17,18). The van der Waals surface area contributed by atoms with Crippen molar-refractivity contribution < 1.29 is 14.4 Å². The van der Waals surface area contributed by atoms with Crippen LogP contribution in [0.1, 0.15) is 5.89 Å². The molecule has 1 aromatic heterocycles. The molecule has 20 heavy (non-hydrogen) atoms. The van der Waals surface area contributed by atoms with Crippen LogP contribution in [-0.2, 0) is 10.5 Å². The molecule has 1 unspecified atom stereocenters. The quantitative estimate of drug-likeness (QED) is 0.816. The largest absolute Gasteiger partial charge is 0.480 e. The van der Waals surface area contributed by atoms with E-state index in [-0.39, 0.29) is 0 Å². The van der Waals surface area contributed by atoms with Crippen LogP contribution in [0.25, 0.3) is 11.4 Å². The van der Waals surface area contributed by atoms with E-state index >= 15 is 0 Å². The number of carboxylic acid groups (broad SMARTS) is 1. The van der Waals surface area contributed by atoms with Crippen molar-refractivity contribution in [2.45, 2.75) is 11.8 Å². The zero-order valence-electron chi connectivity index (χ0n) is 10.3.